The number of aliphatic hydroxyl groups is 1. The number of hydrogen-bond acceptors (Lipinski definition) is 4. The molecule has 4 N–H and O–H groups in total. The molecule has 6 nitrogen and oxygen atoms in total. The summed E-state index contributed by atoms with van der Waals surface area (Å²) in [5.74, 6) is -0.104. The van der Waals surface area contributed by atoms with E-state index in [4.69, 9.17) is 5.73 Å². The first-order chi connectivity index (χ1) is 11.7. The molecule has 1 unspecified atom stereocenters. The highest BCUT2D eigenvalue weighted by Gasteiger charge is 2.35. The zero-order valence-corrected chi connectivity index (χ0v) is 13.1. The predicted octanol–water partition coefficient (Wildman–Crippen LogP) is 1.71. The molecule has 4 rings (SSSR count). The molecule has 2 heterocycles. The molecule has 0 saturated carbocycles. The number of H-pyrrole nitrogens is 1. The molecule has 0 spiro atoms. The van der Waals surface area contributed by atoms with E-state index in [0.29, 0.717) is 18.7 Å². The summed E-state index contributed by atoms with van der Waals surface area (Å²) in [6.07, 6.45) is 1.68. The molecular weight excluding hydrogens is 304 g/mol. The lowest BCUT2D eigenvalue weighted by Gasteiger charge is -2.23. The number of aromatic nitrogens is 2. The Morgan fingerprint density at radius 2 is 2.25 bits per heavy atom. The van der Waals surface area contributed by atoms with Crippen LogP contribution in [0.2, 0.25) is 0 Å². The van der Waals surface area contributed by atoms with E-state index in [9.17, 15) is 9.90 Å². The number of benzene rings is 2. The van der Waals surface area contributed by atoms with E-state index in [2.05, 4.69) is 10.2 Å². The fourth-order valence-electron chi connectivity index (χ4n) is 3.41. The summed E-state index contributed by atoms with van der Waals surface area (Å²) in [5, 5.41) is 18.6. The van der Waals surface area contributed by atoms with E-state index in [-0.39, 0.29) is 18.6 Å². The number of fused-ring (bicyclic) bond motifs is 2. The molecule has 0 aliphatic carbocycles. The van der Waals surface area contributed by atoms with Crippen LogP contribution in [0.1, 0.15) is 33.2 Å². The molecule has 0 saturated heterocycles. The highest BCUT2D eigenvalue weighted by Crippen LogP contribution is 2.33. The van der Waals surface area contributed by atoms with Gasteiger partial charge >= 0.3 is 0 Å². The quantitative estimate of drug-likeness (QED) is 0.684. The van der Waals surface area contributed by atoms with Crippen LogP contribution in [0.5, 0.6) is 0 Å². The van der Waals surface area contributed by atoms with E-state index >= 15 is 0 Å². The van der Waals surface area contributed by atoms with Gasteiger partial charge in [-0.15, -0.1) is 0 Å². The third kappa shape index (κ3) is 2.19. The normalized spacial score (nSPS) is 16.6. The number of rotatable bonds is 3. The third-order valence-corrected chi connectivity index (χ3v) is 4.69. The molecule has 0 radical (unpaired) electrons. The van der Waals surface area contributed by atoms with Crippen molar-refractivity contribution in [3.63, 3.8) is 0 Å². The summed E-state index contributed by atoms with van der Waals surface area (Å²) in [4.78, 5) is 14.7. The average Bonchev–Trinajstić information content (AvgIpc) is 3.20. The zero-order valence-electron chi connectivity index (χ0n) is 13.1. The Morgan fingerprint density at radius 1 is 1.38 bits per heavy atom. The Labute approximate surface area is 138 Å². The summed E-state index contributed by atoms with van der Waals surface area (Å²) in [6.45, 7) is 0.726. The Bertz CT molecular complexity index is 918. The molecule has 3 aromatic rings. The second-order valence-electron chi connectivity index (χ2n) is 5.99. The monoisotopic (exact) mass is 322 g/mol. The van der Waals surface area contributed by atoms with Gasteiger partial charge in [-0.05, 0) is 28.5 Å². The first-order valence-corrected chi connectivity index (χ1v) is 7.88. The minimum Gasteiger partial charge on any atom is -0.394 e. The Kier molecular flexibility index (Phi) is 3.55. The highest BCUT2D eigenvalue weighted by atomic mass is 16.3. The number of nitrogens with zero attached hydrogens (tertiary/aromatic N) is 2. The minimum atomic E-state index is -0.355. The number of nitrogens with two attached hydrogens (primary N) is 1. The summed E-state index contributed by atoms with van der Waals surface area (Å²) >= 11 is 0. The van der Waals surface area contributed by atoms with Crippen LogP contribution in [0.15, 0.2) is 42.6 Å². The van der Waals surface area contributed by atoms with Crippen LogP contribution in [0.3, 0.4) is 0 Å². The summed E-state index contributed by atoms with van der Waals surface area (Å²) in [5.41, 5.74) is 9.18. The number of aromatic amines is 1. The zero-order chi connectivity index (χ0) is 16.7. The molecule has 1 aliphatic rings. The summed E-state index contributed by atoms with van der Waals surface area (Å²) < 4.78 is 0. The van der Waals surface area contributed by atoms with Crippen molar-refractivity contribution in [3.05, 3.63) is 65.0 Å². The molecule has 1 aliphatic heterocycles. The maximum absolute atomic E-state index is 13.0. The standard InChI is InChI=1S/C18H18N4O2/c19-7-13-3-1-2-11-4-5-12(6-14(11)13)18(24)22-9-16-15(8-20-21-16)17(22)10-23/h1-6,8,17,23H,7,9-10,19H2,(H,20,21). The summed E-state index contributed by atoms with van der Waals surface area (Å²) in [6, 6.07) is 11.2. The van der Waals surface area contributed by atoms with Gasteiger partial charge in [0.15, 0.2) is 0 Å². The SMILES string of the molecule is NCc1cccc2ccc(C(=O)N3Cc4[nH]ncc4C3CO)cc12. The van der Waals surface area contributed by atoms with Crippen molar-refractivity contribution in [3.8, 4) is 0 Å². The van der Waals surface area contributed by atoms with Crippen LogP contribution in [0, 0.1) is 0 Å². The van der Waals surface area contributed by atoms with Crippen molar-refractivity contribution in [2.24, 2.45) is 5.73 Å². The summed E-state index contributed by atoms with van der Waals surface area (Å²) in [7, 11) is 0. The van der Waals surface area contributed by atoms with Crippen molar-refractivity contribution in [2.75, 3.05) is 6.61 Å². The smallest absolute Gasteiger partial charge is 0.254 e. The lowest BCUT2D eigenvalue weighted by atomic mass is 10.0. The number of carbonyl (C=O) groups is 1. The first-order valence-electron chi connectivity index (χ1n) is 7.88. The first kappa shape index (κ1) is 14.9. The van der Waals surface area contributed by atoms with Crippen molar-refractivity contribution < 1.29 is 9.90 Å². The largest absolute Gasteiger partial charge is 0.394 e. The molecule has 1 atom stereocenters. The fourth-order valence-corrected chi connectivity index (χ4v) is 3.41. The van der Waals surface area contributed by atoms with Gasteiger partial charge in [0.25, 0.3) is 5.91 Å². The highest BCUT2D eigenvalue weighted by molar-refractivity contribution is 5.99. The van der Waals surface area contributed by atoms with Crippen LogP contribution in [0.4, 0.5) is 0 Å². The second kappa shape index (κ2) is 5.74. The van der Waals surface area contributed by atoms with E-state index in [0.717, 1.165) is 27.6 Å². The van der Waals surface area contributed by atoms with Crippen molar-refractivity contribution in [1.82, 2.24) is 15.1 Å². The molecule has 24 heavy (non-hydrogen) atoms. The molecule has 2 aromatic carbocycles. The van der Waals surface area contributed by atoms with E-state index in [1.165, 1.54) is 0 Å². The maximum atomic E-state index is 13.0. The number of carbonyl (C=O) groups excluding carboxylic acids is 1. The van der Waals surface area contributed by atoms with Gasteiger partial charge in [-0.2, -0.15) is 5.10 Å². The van der Waals surface area contributed by atoms with Crippen molar-refractivity contribution in [2.45, 2.75) is 19.1 Å². The Hall–Kier alpha value is -2.70. The molecule has 0 bridgehead atoms. The lowest BCUT2D eigenvalue weighted by Crippen LogP contribution is -2.31. The van der Waals surface area contributed by atoms with Crippen LogP contribution in [-0.2, 0) is 13.1 Å². The molecule has 6 heteroatoms. The van der Waals surface area contributed by atoms with Crippen LogP contribution in [-0.4, -0.2) is 32.7 Å². The van der Waals surface area contributed by atoms with E-state index < -0.39 is 0 Å². The number of nitrogens with one attached hydrogen (secondary N) is 1. The maximum Gasteiger partial charge on any atom is 0.254 e. The molecule has 0 fully saturated rings. The van der Waals surface area contributed by atoms with Gasteiger partial charge in [0.05, 0.1) is 31.1 Å². The van der Waals surface area contributed by atoms with Gasteiger partial charge in [0.2, 0.25) is 0 Å². The van der Waals surface area contributed by atoms with Gasteiger partial charge in [0, 0.05) is 17.7 Å². The van der Waals surface area contributed by atoms with Crippen molar-refractivity contribution >= 4 is 16.7 Å². The lowest BCUT2D eigenvalue weighted by molar-refractivity contribution is 0.0614. The van der Waals surface area contributed by atoms with Gasteiger partial charge < -0.3 is 15.7 Å². The number of amides is 1. The number of aliphatic hydroxyl groups excluding tert-OH is 1. The fraction of sp³-hybridized carbons (Fsp3) is 0.222. The molecular formula is C18H18N4O2. The number of hydrogen-bond donors (Lipinski definition) is 3. The minimum absolute atomic E-state index is 0.104. The van der Waals surface area contributed by atoms with Crippen LogP contribution >= 0.6 is 0 Å². The van der Waals surface area contributed by atoms with Gasteiger partial charge in [-0.1, -0.05) is 24.3 Å². The van der Waals surface area contributed by atoms with Gasteiger partial charge in [0.1, 0.15) is 0 Å². The van der Waals surface area contributed by atoms with Gasteiger partial charge in [-0.25, -0.2) is 0 Å². The molecule has 122 valence electrons. The van der Waals surface area contributed by atoms with Crippen LogP contribution in [0.25, 0.3) is 10.8 Å². The topological polar surface area (TPSA) is 95.2 Å². The second-order valence-corrected chi connectivity index (χ2v) is 5.99. The van der Waals surface area contributed by atoms with E-state index in [1.54, 1.807) is 11.1 Å². The molecule has 1 amide bonds. The average molecular weight is 322 g/mol. The third-order valence-electron chi connectivity index (χ3n) is 4.69. The predicted molar refractivity (Wildman–Crippen MR) is 90.1 cm³/mol. The molecule has 1 aromatic heterocycles. The Balaban J connectivity index is 1.72. The Morgan fingerprint density at radius 3 is 3.04 bits per heavy atom. The van der Waals surface area contributed by atoms with Gasteiger partial charge in [-0.3, -0.25) is 9.89 Å². The van der Waals surface area contributed by atoms with E-state index in [1.807, 2.05) is 36.4 Å². The van der Waals surface area contributed by atoms with Crippen LogP contribution < -0.4 is 5.73 Å². The van der Waals surface area contributed by atoms with Crippen molar-refractivity contribution in [1.29, 1.82) is 0 Å².